The molecule has 0 aromatic carbocycles. The van der Waals surface area contributed by atoms with Crippen LogP contribution in [0.1, 0.15) is 18.5 Å². The number of ether oxygens (including phenoxy) is 1. The Morgan fingerprint density at radius 3 is 1.71 bits per heavy atom. The van der Waals surface area contributed by atoms with E-state index in [1.807, 2.05) is 19.4 Å². The van der Waals surface area contributed by atoms with Gasteiger partial charge in [0.25, 0.3) is 0 Å². The first-order chi connectivity index (χ1) is 18.5. The second-order valence-electron chi connectivity index (χ2n) is 8.84. The molecule has 2 saturated heterocycles. The zero-order valence-electron chi connectivity index (χ0n) is 21.6. The van der Waals surface area contributed by atoms with Crippen molar-refractivity contribution >= 4 is 17.9 Å². The van der Waals surface area contributed by atoms with Crippen LogP contribution in [-0.2, 0) is 25.7 Å². The summed E-state index contributed by atoms with van der Waals surface area (Å²) < 4.78 is 101. The highest BCUT2D eigenvalue weighted by Crippen LogP contribution is 2.38. The van der Waals surface area contributed by atoms with E-state index < -0.39 is 36.4 Å². The molecule has 0 bridgehead atoms. The number of likely N-dealkylation sites (tertiary alicyclic amines) is 2. The van der Waals surface area contributed by atoms with Gasteiger partial charge in [-0.3, -0.25) is 14.8 Å². The number of carbonyl (C=O) groups is 3. The van der Waals surface area contributed by atoms with Gasteiger partial charge in [-0.25, -0.2) is 14.4 Å². The molecule has 19 heteroatoms. The van der Waals surface area contributed by atoms with Crippen LogP contribution in [0.4, 0.5) is 39.5 Å². The molecule has 0 amide bonds. The summed E-state index contributed by atoms with van der Waals surface area (Å²) in [6.45, 7) is 5.42. The van der Waals surface area contributed by atoms with Gasteiger partial charge < -0.3 is 20.1 Å². The van der Waals surface area contributed by atoms with Crippen molar-refractivity contribution in [1.82, 2.24) is 14.8 Å². The van der Waals surface area contributed by atoms with Crippen molar-refractivity contribution in [2.45, 2.75) is 43.5 Å². The maximum absolute atomic E-state index is 10.6. The van der Waals surface area contributed by atoms with E-state index in [0.717, 1.165) is 19.1 Å². The Balaban J connectivity index is 0.000000631. The number of nitrogens with zero attached hydrogens (tertiary/aromatic N) is 3. The van der Waals surface area contributed by atoms with E-state index in [9.17, 15) is 39.5 Å². The first-order valence-electron chi connectivity index (χ1n) is 11.3. The van der Waals surface area contributed by atoms with E-state index in [2.05, 4.69) is 34.0 Å². The Kier molecular flexibility index (Phi) is 14.5. The predicted octanol–water partition coefficient (Wildman–Crippen LogP) is 3.52. The Morgan fingerprint density at radius 2 is 1.37 bits per heavy atom. The van der Waals surface area contributed by atoms with Crippen molar-refractivity contribution in [2.24, 2.45) is 5.92 Å². The summed E-state index contributed by atoms with van der Waals surface area (Å²) >= 11 is 0. The van der Waals surface area contributed by atoms with Gasteiger partial charge in [0.1, 0.15) is 0 Å². The normalized spacial score (nSPS) is 18.8. The molecule has 0 radical (unpaired) electrons. The summed E-state index contributed by atoms with van der Waals surface area (Å²) in [7, 11) is 4.10. The largest absolute Gasteiger partial charge is 0.490 e. The van der Waals surface area contributed by atoms with Crippen molar-refractivity contribution < 1.29 is 74.0 Å². The fraction of sp³-hybridized carbons (Fsp3) is 0.636. The van der Waals surface area contributed by atoms with Crippen LogP contribution in [-0.4, -0.2) is 112 Å². The number of aliphatic carboxylic acids is 3. The van der Waals surface area contributed by atoms with Crippen molar-refractivity contribution in [3.8, 4) is 0 Å². The van der Waals surface area contributed by atoms with Crippen molar-refractivity contribution in [3.63, 3.8) is 0 Å². The molecule has 41 heavy (non-hydrogen) atoms. The number of pyridine rings is 1. The molecule has 3 heterocycles. The van der Waals surface area contributed by atoms with Crippen LogP contribution in [0.2, 0.25) is 0 Å². The minimum absolute atomic E-state index is 0.385. The van der Waals surface area contributed by atoms with Crippen LogP contribution in [0.15, 0.2) is 24.4 Å². The molecule has 1 spiro atoms. The van der Waals surface area contributed by atoms with E-state index >= 15 is 0 Å². The molecule has 0 saturated carbocycles. The van der Waals surface area contributed by atoms with E-state index in [4.69, 9.17) is 34.4 Å². The second-order valence-corrected chi connectivity index (χ2v) is 8.84. The summed E-state index contributed by atoms with van der Waals surface area (Å²) in [5, 5.41) is 21.4. The fourth-order valence-corrected chi connectivity index (χ4v) is 3.78. The van der Waals surface area contributed by atoms with Gasteiger partial charge in [0.15, 0.2) is 0 Å². The lowest BCUT2D eigenvalue weighted by Crippen LogP contribution is -2.71. The number of hydrogen-bond acceptors (Lipinski definition) is 7. The lowest BCUT2D eigenvalue weighted by molar-refractivity contribution is -0.193. The summed E-state index contributed by atoms with van der Waals surface area (Å²) in [5.74, 6) is -7.54. The van der Waals surface area contributed by atoms with Gasteiger partial charge in [-0.2, -0.15) is 39.5 Å². The minimum Gasteiger partial charge on any atom is -0.475 e. The van der Waals surface area contributed by atoms with Crippen LogP contribution < -0.4 is 0 Å². The number of hydrogen-bond donors (Lipinski definition) is 3. The molecule has 3 rings (SSSR count). The van der Waals surface area contributed by atoms with Crippen LogP contribution in [0.5, 0.6) is 0 Å². The van der Waals surface area contributed by atoms with E-state index in [-0.39, 0.29) is 0 Å². The number of carboxylic acid groups (broad SMARTS) is 3. The Labute approximate surface area is 227 Å². The number of carboxylic acids is 3. The van der Waals surface area contributed by atoms with Crippen LogP contribution in [0.3, 0.4) is 0 Å². The molecule has 2 aliphatic heterocycles. The molecule has 10 nitrogen and oxygen atoms in total. The Morgan fingerprint density at radius 1 is 0.927 bits per heavy atom. The molecular weight excluding hydrogens is 589 g/mol. The molecule has 2 fully saturated rings. The van der Waals surface area contributed by atoms with Gasteiger partial charge >= 0.3 is 36.4 Å². The molecule has 1 aromatic heterocycles. The molecule has 1 aromatic rings. The number of likely N-dealkylation sites (N-methyl/N-ethyl adjacent to an activating group) is 1. The van der Waals surface area contributed by atoms with Gasteiger partial charge in [0, 0.05) is 45.1 Å². The highest BCUT2D eigenvalue weighted by atomic mass is 19.4. The van der Waals surface area contributed by atoms with Crippen molar-refractivity contribution in [3.05, 3.63) is 30.1 Å². The highest BCUT2D eigenvalue weighted by molar-refractivity contribution is 5.73. The zero-order chi connectivity index (χ0) is 32.2. The number of aromatic nitrogens is 1. The number of methoxy groups -OCH3 is 1. The maximum atomic E-state index is 10.6. The van der Waals surface area contributed by atoms with E-state index in [1.54, 1.807) is 0 Å². The maximum Gasteiger partial charge on any atom is 0.490 e. The van der Waals surface area contributed by atoms with Gasteiger partial charge in [0.2, 0.25) is 0 Å². The monoisotopic (exact) mass is 617 g/mol. The number of piperidine rings is 1. The smallest absolute Gasteiger partial charge is 0.475 e. The molecule has 1 unspecified atom stereocenters. The van der Waals surface area contributed by atoms with Gasteiger partial charge in [-0.1, -0.05) is 6.07 Å². The quantitative estimate of drug-likeness (QED) is 0.430. The molecule has 1 atom stereocenters. The fourth-order valence-electron chi connectivity index (χ4n) is 3.78. The molecule has 2 aliphatic rings. The average molecular weight is 617 g/mol. The first-order valence-corrected chi connectivity index (χ1v) is 11.3. The lowest BCUT2D eigenvalue weighted by atomic mass is 9.75. The number of rotatable bonds is 4. The summed E-state index contributed by atoms with van der Waals surface area (Å²) in [6.07, 6.45) is -10.8. The topological polar surface area (TPSA) is 140 Å². The molecule has 0 aliphatic carbocycles. The number of halogens is 9. The third kappa shape index (κ3) is 14.3. The van der Waals surface area contributed by atoms with Gasteiger partial charge in [-0.15, -0.1) is 0 Å². The molecule has 236 valence electrons. The van der Waals surface area contributed by atoms with Gasteiger partial charge in [-0.05, 0) is 44.5 Å². The average Bonchev–Trinajstić information content (AvgIpc) is 2.80. The summed E-state index contributed by atoms with van der Waals surface area (Å²) in [6, 6.07) is 6.16. The molecule has 3 N–H and O–H groups in total. The SMILES string of the molecule is COCC1CCN(C)C2(C1)CN(Cc1ccccn1)C2.O=C(O)C(F)(F)F.O=C(O)C(F)(F)F.O=C(O)C(F)(F)F. The standard InChI is InChI=1S/C16H25N3O.3C2HF3O2/c1-18-8-6-14(11-20-2)9-16(18)12-19(13-16)10-15-5-3-4-7-17-15;3*3-2(4,5)1(6)7/h3-5,7,14H,6,8-13H2,1-2H3;3*(H,6,7). The van der Waals surface area contributed by atoms with Crippen molar-refractivity contribution in [1.29, 1.82) is 0 Å². The van der Waals surface area contributed by atoms with Crippen LogP contribution in [0.25, 0.3) is 0 Å². The highest BCUT2D eigenvalue weighted by Gasteiger charge is 2.49. The van der Waals surface area contributed by atoms with Crippen LogP contribution >= 0.6 is 0 Å². The van der Waals surface area contributed by atoms with Crippen molar-refractivity contribution in [2.75, 3.05) is 40.4 Å². The second kappa shape index (κ2) is 15.7. The third-order valence-corrected chi connectivity index (χ3v) is 5.63. The number of alkyl halides is 9. The summed E-state index contributed by atoms with van der Waals surface area (Å²) in [4.78, 5) is 36.2. The van der Waals surface area contributed by atoms with Crippen LogP contribution in [0, 0.1) is 5.92 Å². The van der Waals surface area contributed by atoms with E-state index in [0.29, 0.717) is 5.54 Å². The van der Waals surface area contributed by atoms with E-state index in [1.165, 1.54) is 38.2 Å². The third-order valence-electron chi connectivity index (χ3n) is 5.63. The Hall–Kier alpha value is -3.19. The first kappa shape index (κ1) is 37.8. The lowest BCUT2D eigenvalue weighted by Gasteiger charge is -2.58. The Bertz CT molecular complexity index is 911. The summed E-state index contributed by atoms with van der Waals surface area (Å²) in [5.41, 5.74) is 1.56. The minimum atomic E-state index is -5.08. The zero-order valence-corrected chi connectivity index (χ0v) is 21.6. The predicted molar refractivity (Wildman–Crippen MR) is 121 cm³/mol. The molecular formula is C22H28F9N3O7. The van der Waals surface area contributed by atoms with Gasteiger partial charge in [0.05, 0.1) is 5.69 Å².